The Kier molecular flexibility index (Phi) is 6.27. The first-order chi connectivity index (χ1) is 9.01. The Morgan fingerprint density at radius 3 is 2.50 bits per heavy atom. The second kappa shape index (κ2) is 7.27. The molecule has 0 spiro atoms. The molecule has 2 saturated heterocycles. The molecule has 0 radical (unpaired) electrons. The van der Waals surface area contributed by atoms with Crippen molar-refractivity contribution in [2.75, 3.05) is 26.2 Å². The molecule has 0 aromatic carbocycles. The van der Waals surface area contributed by atoms with E-state index in [0.29, 0.717) is 12.3 Å². The summed E-state index contributed by atoms with van der Waals surface area (Å²) in [6.07, 6.45) is 4.30. The van der Waals surface area contributed by atoms with Crippen LogP contribution in [-0.4, -0.2) is 42.9 Å². The Bertz CT molecular complexity index is 348. The third kappa shape index (κ3) is 4.09. The lowest BCUT2D eigenvalue weighted by molar-refractivity contribution is -0.143. The van der Waals surface area contributed by atoms with Gasteiger partial charge in [0, 0.05) is 26.1 Å². The normalized spacial score (nSPS) is 27.8. The molecule has 2 aliphatic heterocycles. The summed E-state index contributed by atoms with van der Waals surface area (Å²) >= 11 is 0. The Morgan fingerprint density at radius 2 is 2.00 bits per heavy atom. The molecule has 0 aromatic heterocycles. The van der Waals surface area contributed by atoms with Gasteiger partial charge in [-0.25, -0.2) is 0 Å². The van der Waals surface area contributed by atoms with Crippen molar-refractivity contribution in [3.8, 4) is 0 Å². The number of rotatable bonds is 3. The number of amides is 2. The summed E-state index contributed by atoms with van der Waals surface area (Å²) in [6, 6.07) is 0. The fourth-order valence-corrected chi connectivity index (χ4v) is 3.25. The third-order valence-electron chi connectivity index (χ3n) is 4.51. The largest absolute Gasteiger partial charge is 0.370 e. The second-order valence-corrected chi connectivity index (χ2v) is 6.25. The maximum atomic E-state index is 12.6. The summed E-state index contributed by atoms with van der Waals surface area (Å²) in [6.45, 7) is 5.41. The van der Waals surface area contributed by atoms with Gasteiger partial charge in [0.25, 0.3) is 0 Å². The zero-order valence-corrected chi connectivity index (χ0v) is 13.0. The van der Waals surface area contributed by atoms with Crippen molar-refractivity contribution in [3.05, 3.63) is 0 Å². The SMILES string of the molecule is CC1(C(=O)N2CCC(CC(N)=O)CC2)CCCNC1.Cl. The highest BCUT2D eigenvalue weighted by Gasteiger charge is 2.38. The summed E-state index contributed by atoms with van der Waals surface area (Å²) in [7, 11) is 0. The summed E-state index contributed by atoms with van der Waals surface area (Å²) in [4.78, 5) is 25.5. The average molecular weight is 304 g/mol. The minimum absolute atomic E-state index is 0. The lowest BCUT2D eigenvalue weighted by atomic mass is 9.80. The fraction of sp³-hybridized carbons (Fsp3) is 0.857. The topological polar surface area (TPSA) is 75.4 Å². The molecule has 0 saturated carbocycles. The van der Waals surface area contributed by atoms with Crippen LogP contribution < -0.4 is 11.1 Å². The van der Waals surface area contributed by atoms with Gasteiger partial charge in [-0.2, -0.15) is 0 Å². The van der Waals surface area contributed by atoms with Crippen molar-refractivity contribution in [1.82, 2.24) is 10.2 Å². The van der Waals surface area contributed by atoms with Gasteiger partial charge in [-0.3, -0.25) is 9.59 Å². The van der Waals surface area contributed by atoms with Crippen LogP contribution in [0.2, 0.25) is 0 Å². The Hall–Kier alpha value is -0.810. The zero-order chi connectivity index (χ0) is 13.9. The number of nitrogens with two attached hydrogens (primary N) is 1. The molecule has 20 heavy (non-hydrogen) atoms. The summed E-state index contributed by atoms with van der Waals surface area (Å²) in [5.74, 6) is 0.407. The molecule has 1 atom stereocenters. The van der Waals surface area contributed by atoms with E-state index >= 15 is 0 Å². The molecule has 116 valence electrons. The van der Waals surface area contributed by atoms with E-state index in [4.69, 9.17) is 5.73 Å². The molecule has 1 unspecified atom stereocenters. The van der Waals surface area contributed by atoms with Gasteiger partial charge in [-0.05, 0) is 45.1 Å². The van der Waals surface area contributed by atoms with Crippen molar-refractivity contribution in [1.29, 1.82) is 0 Å². The number of nitrogens with one attached hydrogen (secondary N) is 1. The number of piperidine rings is 2. The van der Waals surface area contributed by atoms with E-state index in [9.17, 15) is 9.59 Å². The Labute approximate surface area is 127 Å². The van der Waals surface area contributed by atoms with Crippen LogP contribution in [0.4, 0.5) is 0 Å². The highest BCUT2D eigenvalue weighted by Crippen LogP contribution is 2.30. The molecule has 3 N–H and O–H groups in total. The fourth-order valence-electron chi connectivity index (χ4n) is 3.25. The van der Waals surface area contributed by atoms with Crippen LogP contribution in [0.3, 0.4) is 0 Å². The second-order valence-electron chi connectivity index (χ2n) is 6.25. The van der Waals surface area contributed by atoms with E-state index in [0.717, 1.165) is 51.9 Å². The van der Waals surface area contributed by atoms with Gasteiger partial charge in [0.05, 0.1) is 5.41 Å². The first kappa shape index (κ1) is 17.2. The lowest BCUT2D eigenvalue weighted by Gasteiger charge is -2.40. The summed E-state index contributed by atoms with van der Waals surface area (Å²) < 4.78 is 0. The van der Waals surface area contributed by atoms with Gasteiger partial charge in [0.2, 0.25) is 11.8 Å². The number of halogens is 1. The molecule has 2 heterocycles. The predicted molar refractivity (Wildman–Crippen MR) is 80.6 cm³/mol. The van der Waals surface area contributed by atoms with Crippen molar-refractivity contribution >= 4 is 24.2 Å². The standard InChI is InChI=1S/C14H25N3O2.ClH/c1-14(5-2-6-16-10-14)13(19)17-7-3-11(4-8-17)9-12(15)18;/h11,16H,2-10H2,1H3,(H2,15,18);1H. The summed E-state index contributed by atoms with van der Waals surface area (Å²) in [5, 5.41) is 3.32. The maximum absolute atomic E-state index is 12.6. The van der Waals surface area contributed by atoms with Gasteiger partial charge in [-0.1, -0.05) is 0 Å². The molecule has 2 fully saturated rings. The smallest absolute Gasteiger partial charge is 0.229 e. The van der Waals surface area contributed by atoms with Gasteiger partial charge < -0.3 is 16.0 Å². The number of carbonyl (C=O) groups excluding carboxylic acids is 2. The van der Waals surface area contributed by atoms with Crippen LogP contribution in [0.5, 0.6) is 0 Å². The van der Waals surface area contributed by atoms with Gasteiger partial charge in [0.15, 0.2) is 0 Å². The van der Waals surface area contributed by atoms with Crippen LogP contribution in [-0.2, 0) is 9.59 Å². The Balaban J connectivity index is 0.00000200. The Morgan fingerprint density at radius 1 is 1.35 bits per heavy atom. The van der Waals surface area contributed by atoms with Crippen LogP contribution in [0, 0.1) is 11.3 Å². The van der Waals surface area contributed by atoms with Crippen LogP contribution in [0.1, 0.15) is 39.0 Å². The minimum Gasteiger partial charge on any atom is -0.370 e. The zero-order valence-electron chi connectivity index (χ0n) is 12.2. The molecule has 2 amide bonds. The molecule has 6 heteroatoms. The van der Waals surface area contributed by atoms with E-state index in [1.165, 1.54) is 0 Å². The molecule has 2 aliphatic rings. The van der Waals surface area contributed by atoms with Crippen LogP contribution >= 0.6 is 12.4 Å². The maximum Gasteiger partial charge on any atom is 0.229 e. The lowest BCUT2D eigenvalue weighted by Crippen LogP contribution is -2.52. The third-order valence-corrected chi connectivity index (χ3v) is 4.51. The average Bonchev–Trinajstić information content (AvgIpc) is 2.39. The van der Waals surface area contributed by atoms with Gasteiger partial charge >= 0.3 is 0 Å². The van der Waals surface area contributed by atoms with Crippen LogP contribution in [0.15, 0.2) is 0 Å². The number of hydrogen-bond donors (Lipinski definition) is 2. The molecule has 2 rings (SSSR count). The summed E-state index contributed by atoms with van der Waals surface area (Å²) in [5.41, 5.74) is 4.99. The van der Waals surface area contributed by atoms with Gasteiger partial charge in [0.1, 0.15) is 0 Å². The van der Waals surface area contributed by atoms with E-state index < -0.39 is 0 Å². The monoisotopic (exact) mass is 303 g/mol. The molecular weight excluding hydrogens is 278 g/mol. The predicted octanol–water partition coefficient (Wildman–Crippen LogP) is 0.912. The van der Waals surface area contributed by atoms with Gasteiger partial charge in [-0.15, -0.1) is 12.4 Å². The van der Waals surface area contributed by atoms with E-state index in [1.54, 1.807) is 0 Å². The highest BCUT2D eigenvalue weighted by atomic mass is 35.5. The van der Waals surface area contributed by atoms with Crippen molar-refractivity contribution in [2.45, 2.75) is 39.0 Å². The number of carbonyl (C=O) groups is 2. The highest BCUT2D eigenvalue weighted by molar-refractivity contribution is 5.85. The number of likely N-dealkylation sites (tertiary alicyclic amines) is 1. The first-order valence-electron chi connectivity index (χ1n) is 7.30. The number of hydrogen-bond acceptors (Lipinski definition) is 3. The number of nitrogens with zero attached hydrogens (tertiary/aromatic N) is 1. The van der Waals surface area contributed by atoms with E-state index in [1.807, 2.05) is 4.90 Å². The first-order valence-corrected chi connectivity index (χ1v) is 7.30. The molecular formula is C14H26ClN3O2. The van der Waals surface area contributed by atoms with Crippen molar-refractivity contribution in [3.63, 3.8) is 0 Å². The quantitative estimate of drug-likeness (QED) is 0.814. The molecule has 5 nitrogen and oxygen atoms in total. The molecule has 0 aromatic rings. The van der Waals surface area contributed by atoms with Crippen LogP contribution in [0.25, 0.3) is 0 Å². The molecule has 0 bridgehead atoms. The number of primary amides is 1. The van der Waals surface area contributed by atoms with E-state index in [2.05, 4.69) is 12.2 Å². The molecule has 0 aliphatic carbocycles. The van der Waals surface area contributed by atoms with Crippen molar-refractivity contribution < 1.29 is 9.59 Å². The van der Waals surface area contributed by atoms with Crippen molar-refractivity contribution in [2.24, 2.45) is 17.1 Å². The minimum atomic E-state index is -0.241. The van der Waals surface area contributed by atoms with E-state index in [-0.39, 0.29) is 29.6 Å².